The van der Waals surface area contributed by atoms with Crippen LogP contribution in [0.2, 0.25) is 10.0 Å². The Bertz CT molecular complexity index is 1000. The van der Waals surface area contributed by atoms with Crippen molar-refractivity contribution in [2.45, 2.75) is 30.3 Å². The molecule has 2 atom stereocenters. The molecule has 0 saturated carbocycles. The van der Waals surface area contributed by atoms with Crippen molar-refractivity contribution in [3.63, 3.8) is 0 Å². The Kier molecular flexibility index (Phi) is 6.08. The van der Waals surface area contributed by atoms with E-state index in [2.05, 4.69) is 46.7 Å². The third kappa shape index (κ3) is 4.42. The molecule has 2 heterocycles. The van der Waals surface area contributed by atoms with Gasteiger partial charge in [0.25, 0.3) is 0 Å². The Hall–Kier alpha value is -1.70. The highest BCUT2D eigenvalue weighted by Gasteiger charge is 2.45. The molecule has 1 fully saturated rings. The Morgan fingerprint density at radius 2 is 2.14 bits per heavy atom. The van der Waals surface area contributed by atoms with Gasteiger partial charge >= 0.3 is 0 Å². The number of anilines is 1. The van der Waals surface area contributed by atoms with Gasteiger partial charge in [-0.25, -0.2) is 4.98 Å². The molecule has 5 nitrogen and oxygen atoms in total. The van der Waals surface area contributed by atoms with Gasteiger partial charge in [0.15, 0.2) is 6.23 Å². The van der Waals surface area contributed by atoms with Crippen LogP contribution in [-0.4, -0.2) is 29.1 Å². The van der Waals surface area contributed by atoms with Gasteiger partial charge in [0, 0.05) is 33.6 Å². The van der Waals surface area contributed by atoms with Crippen molar-refractivity contribution in [2.24, 2.45) is 0 Å². The van der Waals surface area contributed by atoms with Crippen LogP contribution in [0.4, 0.5) is 5.69 Å². The number of aromatic amines is 1. The van der Waals surface area contributed by atoms with Gasteiger partial charge in [-0.2, -0.15) is 0 Å². The van der Waals surface area contributed by atoms with E-state index in [-0.39, 0.29) is 6.23 Å². The molecular weight excluding hydrogens is 429 g/mol. The Labute approximate surface area is 184 Å². The van der Waals surface area contributed by atoms with E-state index in [4.69, 9.17) is 32.7 Å². The number of rotatable bonds is 6. The maximum Gasteiger partial charge on any atom is 0.205 e. The van der Waals surface area contributed by atoms with Crippen LogP contribution in [0.1, 0.15) is 17.0 Å². The number of nitrogens with zero attached hydrogens (tertiary/aromatic N) is 1. The number of benzene rings is 2. The van der Waals surface area contributed by atoms with E-state index >= 15 is 0 Å². The van der Waals surface area contributed by atoms with Gasteiger partial charge in [-0.05, 0) is 49.1 Å². The Morgan fingerprint density at radius 3 is 2.83 bits per heavy atom. The fraction of sp³-hybridized carbons (Fsp3) is 0.286. The van der Waals surface area contributed by atoms with Gasteiger partial charge in [0.1, 0.15) is 5.82 Å². The second-order valence-electron chi connectivity index (χ2n) is 6.83. The smallest absolute Gasteiger partial charge is 0.205 e. The Morgan fingerprint density at radius 1 is 1.28 bits per heavy atom. The molecule has 0 amide bonds. The number of imidazole rings is 1. The van der Waals surface area contributed by atoms with Crippen molar-refractivity contribution in [1.82, 2.24) is 9.97 Å². The summed E-state index contributed by atoms with van der Waals surface area (Å²) in [6, 6.07) is 11.6. The number of hydrogen-bond acceptors (Lipinski definition) is 5. The molecular formula is C21H21Cl2N3O2S. The molecule has 1 aliphatic heterocycles. The van der Waals surface area contributed by atoms with Crippen LogP contribution >= 0.6 is 35.0 Å². The zero-order valence-corrected chi connectivity index (χ0v) is 18.4. The highest BCUT2D eigenvalue weighted by atomic mass is 35.5. The van der Waals surface area contributed by atoms with Crippen LogP contribution < -0.4 is 5.32 Å². The molecule has 1 saturated heterocycles. The first kappa shape index (κ1) is 20.6. The number of thioether (sulfide) groups is 1. The highest BCUT2D eigenvalue weighted by Crippen LogP contribution is 2.41. The first-order valence-electron chi connectivity index (χ1n) is 9.16. The van der Waals surface area contributed by atoms with Crippen molar-refractivity contribution in [3.8, 4) is 0 Å². The van der Waals surface area contributed by atoms with Crippen molar-refractivity contribution >= 4 is 40.7 Å². The van der Waals surface area contributed by atoms with Crippen LogP contribution in [-0.2, 0) is 21.7 Å². The number of H-pyrrole nitrogens is 1. The third-order valence-corrected chi connectivity index (χ3v) is 6.12. The summed E-state index contributed by atoms with van der Waals surface area (Å²) >= 11 is 14.3. The standard InChI is InChI=1S/C21H21Cl2N3O2S/c1-13-9-15(29-2)4-6-18(13)26-20-12-27-21(28-20,11-19-24-7-8-25-19)16-5-3-14(22)10-17(16)23/h3-10,20,26H,11-12H2,1-2H3,(H,24,25). The van der Waals surface area contributed by atoms with Gasteiger partial charge in [-0.3, -0.25) is 0 Å². The van der Waals surface area contributed by atoms with Crippen molar-refractivity contribution in [2.75, 3.05) is 18.2 Å². The zero-order valence-electron chi connectivity index (χ0n) is 16.0. The molecule has 3 aromatic rings. The van der Waals surface area contributed by atoms with E-state index in [9.17, 15) is 0 Å². The average Bonchev–Trinajstić information content (AvgIpc) is 3.34. The Balaban J connectivity index is 1.61. The molecule has 152 valence electrons. The first-order chi connectivity index (χ1) is 14.0. The molecule has 4 rings (SSSR count). The number of nitrogens with one attached hydrogen (secondary N) is 2. The van der Waals surface area contributed by atoms with Gasteiger partial charge in [0.05, 0.1) is 18.1 Å². The van der Waals surface area contributed by atoms with E-state index in [0.717, 1.165) is 22.6 Å². The SMILES string of the molecule is CSc1ccc(NC2COC(Cc3ncc[nH]3)(c3ccc(Cl)cc3Cl)O2)c(C)c1. The second-order valence-corrected chi connectivity index (χ2v) is 8.56. The lowest BCUT2D eigenvalue weighted by Gasteiger charge is -2.29. The second kappa shape index (κ2) is 8.58. The van der Waals surface area contributed by atoms with Gasteiger partial charge in [0.2, 0.25) is 5.79 Å². The molecule has 29 heavy (non-hydrogen) atoms. The molecule has 0 aliphatic carbocycles. The van der Waals surface area contributed by atoms with Crippen LogP contribution in [0.25, 0.3) is 0 Å². The summed E-state index contributed by atoms with van der Waals surface area (Å²) in [4.78, 5) is 8.66. The third-order valence-electron chi connectivity index (χ3n) is 4.85. The molecule has 2 unspecified atom stereocenters. The molecule has 0 radical (unpaired) electrons. The fourth-order valence-electron chi connectivity index (χ4n) is 3.42. The maximum absolute atomic E-state index is 6.51. The molecule has 0 bridgehead atoms. The molecule has 1 aliphatic rings. The van der Waals surface area contributed by atoms with Gasteiger partial charge in [-0.1, -0.05) is 29.3 Å². The molecule has 0 spiro atoms. The van der Waals surface area contributed by atoms with Crippen molar-refractivity contribution in [1.29, 1.82) is 0 Å². The van der Waals surface area contributed by atoms with Crippen LogP contribution in [0, 0.1) is 6.92 Å². The monoisotopic (exact) mass is 449 g/mol. The molecule has 8 heteroatoms. The normalized spacial score (nSPS) is 21.4. The summed E-state index contributed by atoms with van der Waals surface area (Å²) in [5.41, 5.74) is 2.87. The van der Waals surface area contributed by atoms with Crippen LogP contribution in [0.5, 0.6) is 0 Å². The van der Waals surface area contributed by atoms with E-state index in [1.165, 1.54) is 4.90 Å². The zero-order chi connectivity index (χ0) is 20.4. The summed E-state index contributed by atoms with van der Waals surface area (Å²) in [5.74, 6) is -0.318. The van der Waals surface area contributed by atoms with E-state index in [1.54, 1.807) is 36.3 Å². The summed E-state index contributed by atoms with van der Waals surface area (Å²) in [6.45, 7) is 2.44. The first-order valence-corrected chi connectivity index (χ1v) is 11.1. The maximum atomic E-state index is 6.51. The topological polar surface area (TPSA) is 59.2 Å². The summed E-state index contributed by atoms with van der Waals surface area (Å²) < 4.78 is 12.6. The number of aryl methyl sites for hydroxylation is 1. The molecule has 1 aromatic heterocycles. The van der Waals surface area contributed by atoms with Crippen molar-refractivity contribution in [3.05, 3.63) is 75.8 Å². The lowest BCUT2D eigenvalue weighted by atomic mass is 10.0. The minimum Gasteiger partial charge on any atom is -0.358 e. The van der Waals surface area contributed by atoms with Crippen LogP contribution in [0.3, 0.4) is 0 Å². The summed E-state index contributed by atoms with van der Waals surface area (Å²) in [6.07, 6.45) is 5.59. The number of ether oxygens (including phenoxy) is 2. The van der Waals surface area contributed by atoms with Crippen molar-refractivity contribution < 1.29 is 9.47 Å². The highest BCUT2D eigenvalue weighted by molar-refractivity contribution is 7.98. The summed E-state index contributed by atoms with van der Waals surface area (Å²) in [5, 5.41) is 4.49. The largest absolute Gasteiger partial charge is 0.358 e. The molecule has 2 N–H and O–H groups in total. The minimum absolute atomic E-state index is 0.337. The van der Waals surface area contributed by atoms with E-state index in [0.29, 0.717) is 23.1 Å². The lowest BCUT2D eigenvalue weighted by Crippen LogP contribution is -2.33. The number of hydrogen-bond donors (Lipinski definition) is 2. The summed E-state index contributed by atoms with van der Waals surface area (Å²) in [7, 11) is 0. The molecule has 2 aromatic carbocycles. The quantitative estimate of drug-likeness (QED) is 0.477. The lowest BCUT2D eigenvalue weighted by molar-refractivity contribution is -0.174. The predicted molar refractivity (Wildman–Crippen MR) is 118 cm³/mol. The fourth-order valence-corrected chi connectivity index (χ4v) is 4.47. The number of aromatic nitrogens is 2. The number of halogens is 2. The van der Waals surface area contributed by atoms with E-state index < -0.39 is 5.79 Å². The van der Waals surface area contributed by atoms with Gasteiger partial charge in [-0.15, -0.1) is 11.8 Å². The predicted octanol–water partition coefficient (Wildman–Crippen LogP) is 5.63. The van der Waals surface area contributed by atoms with E-state index in [1.807, 2.05) is 6.07 Å². The van der Waals surface area contributed by atoms with Gasteiger partial charge < -0.3 is 19.8 Å². The van der Waals surface area contributed by atoms with Crippen LogP contribution in [0.15, 0.2) is 53.7 Å². The average molecular weight is 450 g/mol. The minimum atomic E-state index is -1.07.